The van der Waals surface area contributed by atoms with Gasteiger partial charge in [-0.2, -0.15) is 14.7 Å². The summed E-state index contributed by atoms with van der Waals surface area (Å²) in [6.45, 7) is -2.25. The van der Waals surface area contributed by atoms with Gasteiger partial charge in [0.2, 0.25) is 0 Å². The third-order valence-corrected chi connectivity index (χ3v) is 0.581. The van der Waals surface area contributed by atoms with Crippen molar-refractivity contribution in [3.8, 4) is 0 Å². The maximum atomic E-state index is 9.19. The van der Waals surface area contributed by atoms with Gasteiger partial charge < -0.3 is 29.7 Å². The van der Waals surface area contributed by atoms with Crippen molar-refractivity contribution >= 4 is 17.9 Å². The standard InChI is InChI=1S/3C2H3NO3.Ru/c3*4-2(5)1-3-6;/h3*1H2,(H,4,5);/q;;;+3/p-3. The van der Waals surface area contributed by atoms with Crippen molar-refractivity contribution in [2.45, 2.75) is 0 Å². The summed E-state index contributed by atoms with van der Waals surface area (Å²) >= 11 is 0. The van der Waals surface area contributed by atoms with Crippen molar-refractivity contribution in [1.29, 1.82) is 0 Å². The molecule has 1 radical (unpaired) electrons. The Morgan fingerprint density at radius 1 is 0.632 bits per heavy atom. The smallest absolute Gasteiger partial charge is 0.548 e. The Morgan fingerprint density at radius 2 is 0.789 bits per heavy atom. The Hall–Kier alpha value is -2.17. The van der Waals surface area contributed by atoms with Crippen molar-refractivity contribution in [1.82, 2.24) is 0 Å². The van der Waals surface area contributed by atoms with Gasteiger partial charge in [-0.15, -0.1) is 0 Å². The summed E-state index contributed by atoms with van der Waals surface area (Å²) in [7, 11) is 0. The van der Waals surface area contributed by atoms with Crippen LogP contribution in [0.2, 0.25) is 0 Å². The van der Waals surface area contributed by atoms with Gasteiger partial charge in [0.15, 0.2) is 0 Å². The monoisotopic (exact) mass is 366 g/mol. The van der Waals surface area contributed by atoms with Crippen LogP contribution in [0.4, 0.5) is 0 Å². The van der Waals surface area contributed by atoms with Crippen LogP contribution in [0.15, 0.2) is 15.5 Å². The van der Waals surface area contributed by atoms with Crippen LogP contribution in [0.3, 0.4) is 0 Å². The van der Waals surface area contributed by atoms with Crippen molar-refractivity contribution in [3.63, 3.8) is 0 Å². The molecule has 0 heterocycles. The quantitative estimate of drug-likeness (QED) is 0.327. The fourth-order valence-corrected chi connectivity index (χ4v) is 0.158. The third-order valence-electron chi connectivity index (χ3n) is 0.581. The SMILES string of the molecule is O=NCC(=O)[O-].O=NCC(=O)[O-].O=NCC(=O)[O-].[Ru+3]. The van der Waals surface area contributed by atoms with Crippen LogP contribution in [-0.4, -0.2) is 37.5 Å². The summed E-state index contributed by atoms with van der Waals surface area (Å²) in [4.78, 5) is 54.4. The molecule has 12 nitrogen and oxygen atoms in total. The van der Waals surface area contributed by atoms with E-state index in [1.165, 1.54) is 0 Å². The molecule has 0 N–H and O–H groups in total. The molecule has 13 heteroatoms. The van der Waals surface area contributed by atoms with Gasteiger partial charge in [0, 0.05) is 0 Å². The molecule has 0 amide bonds. The number of carbonyl (C=O) groups is 3. The first-order valence-electron chi connectivity index (χ1n) is 3.78. The Morgan fingerprint density at radius 3 is 0.789 bits per heavy atom. The maximum Gasteiger partial charge on any atom is 3.00 e. The number of aliphatic carboxylic acids is 3. The van der Waals surface area contributed by atoms with Gasteiger partial charge in [0.25, 0.3) is 0 Å². The van der Waals surface area contributed by atoms with E-state index in [1.54, 1.807) is 0 Å². The van der Waals surface area contributed by atoms with E-state index in [2.05, 4.69) is 0 Å². The fourth-order valence-electron chi connectivity index (χ4n) is 0.158. The van der Waals surface area contributed by atoms with Crippen LogP contribution in [0, 0.1) is 14.7 Å². The molecule has 0 aliphatic carbocycles. The first kappa shape index (κ1) is 25.6. The van der Waals surface area contributed by atoms with E-state index in [1.807, 2.05) is 15.5 Å². The van der Waals surface area contributed by atoms with E-state index in [4.69, 9.17) is 14.7 Å². The number of carbonyl (C=O) groups excluding carboxylic acids is 3. The number of carboxylic acids is 3. The zero-order chi connectivity index (χ0) is 15.0. The summed E-state index contributed by atoms with van der Waals surface area (Å²) < 4.78 is 0. The minimum absolute atomic E-state index is 0. The first-order chi connectivity index (χ1) is 8.31. The van der Waals surface area contributed by atoms with Gasteiger partial charge in [-0.25, -0.2) is 0 Å². The average molecular weight is 365 g/mol. The minimum atomic E-state index is -1.44. The molecule has 0 unspecified atom stereocenters. The van der Waals surface area contributed by atoms with Crippen LogP contribution in [0.25, 0.3) is 0 Å². The molecule has 0 aromatic heterocycles. The van der Waals surface area contributed by atoms with Crippen molar-refractivity contribution in [3.05, 3.63) is 14.7 Å². The first-order valence-corrected chi connectivity index (χ1v) is 3.78. The Bertz CT molecular complexity index is 261. The zero-order valence-electron chi connectivity index (χ0n) is 8.99. The summed E-state index contributed by atoms with van der Waals surface area (Å²) in [5.74, 6) is -4.32. The molecule has 0 bridgehead atoms. The van der Waals surface area contributed by atoms with E-state index >= 15 is 0 Å². The molecule has 107 valence electrons. The average Bonchev–Trinajstić information content (AvgIpc) is 2.18. The normalized spacial score (nSPS) is 6.95. The van der Waals surface area contributed by atoms with E-state index in [-0.39, 0.29) is 19.5 Å². The molecule has 19 heavy (non-hydrogen) atoms. The molecule has 0 aliphatic rings. The topological polar surface area (TPSA) is 209 Å². The van der Waals surface area contributed by atoms with E-state index in [0.717, 1.165) is 0 Å². The van der Waals surface area contributed by atoms with Crippen molar-refractivity contribution in [2.24, 2.45) is 15.5 Å². The molecule has 0 saturated carbocycles. The Labute approximate surface area is 117 Å². The van der Waals surface area contributed by atoms with E-state index in [9.17, 15) is 29.7 Å². The largest absolute Gasteiger partial charge is 3.00 e. The van der Waals surface area contributed by atoms with Gasteiger partial charge in [0.05, 0.1) is 17.9 Å². The van der Waals surface area contributed by atoms with Gasteiger partial charge in [-0.1, -0.05) is 15.5 Å². The maximum absolute atomic E-state index is 9.19. The van der Waals surface area contributed by atoms with Gasteiger partial charge in [-0.3, -0.25) is 0 Å². The van der Waals surface area contributed by atoms with Crippen LogP contribution in [0.5, 0.6) is 0 Å². The number of hydrogen-bond acceptors (Lipinski definition) is 12. The minimum Gasteiger partial charge on any atom is -0.548 e. The van der Waals surface area contributed by atoms with Crippen LogP contribution < -0.4 is 15.3 Å². The second kappa shape index (κ2) is 21.2. The molecular weight excluding hydrogens is 359 g/mol. The second-order valence-electron chi connectivity index (χ2n) is 1.98. The fraction of sp³-hybridized carbons (Fsp3) is 0.500. The second-order valence-corrected chi connectivity index (χ2v) is 1.98. The number of rotatable bonds is 6. The summed E-state index contributed by atoms with van der Waals surface area (Å²) in [6.07, 6.45) is 0. The predicted molar refractivity (Wildman–Crippen MR) is 47.0 cm³/mol. The van der Waals surface area contributed by atoms with Crippen LogP contribution in [0.1, 0.15) is 0 Å². The third kappa shape index (κ3) is 64.9. The molecule has 0 aliphatic heterocycles. The number of hydrogen-bond donors (Lipinski definition) is 0. The van der Waals surface area contributed by atoms with E-state index in [0.29, 0.717) is 0 Å². The molecule has 0 saturated heterocycles. The molecule has 0 rings (SSSR count). The molecule has 0 aromatic carbocycles. The number of carboxylic acid groups (broad SMARTS) is 3. The number of nitrogens with zero attached hydrogens (tertiary/aromatic N) is 3. The van der Waals surface area contributed by atoms with Gasteiger partial charge in [0.1, 0.15) is 19.6 Å². The molecular formula is C6H6N3O9Ru. The summed E-state index contributed by atoms with van der Waals surface area (Å²) in [5, 5.41) is 33.7. The van der Waals surface area contributed by atoms with Gasteiger partial charge >= 0.3 is 19.5 Å². The molecule has 0 atom stereocenters. The summed E-state index contributed by atoms with van der Waals surface area (Å²) in [6, 6.07) is 0. The Kier molecular flexibility index (Phi) is 28.5. The van der Waals surface area contributed by atoms with Gasteiger partial charge in [-0.05, 0) is 0 Å². The number of nitroso groups, excluding NO2 is 3. The van der Waals surface area contributed by atoms with Crippen LogP contribution in [-0.2, 0) is 33.9 Å². The van der Waals surface area contributed by atoms with Crippen LogP contribution >= 0.6 is 0 Å². The Balaban J connectivity index is -0.0000000865. The predicted octanol–water partition coefficient (Wildman–Crippen LogP) is -4.49. The van der Waals surface area contributed by atoms with E-state index < -0.39 is 37.5 Å². The molecule has 0 fully saturated rings. The summed E-state index contributed by atoms with van der Waals surface area (Å²) in [5.41, 5.74) is 0. The van der Waals surface area contributed by atoms with Crippen molar-refractivity contribution < 1.29 is 49.2 Å². The molecule has 0 aromatic rings. The van der Waals surface area contributed by atoms with Crippen molar-refractivity contribution in [2.75, 3.05) is 19.6 Å². The zero-order valence-corrected chi connectivity index (χ0v) is 10.7. The molecule has 0 spiro atoms.